The van der Waals surface area contributed by atoms with Gasteiger partial charge in [-0.15, -0.1) is 0 Å². The van der Waals surface area contributed by atoms with Gasteiger partial charge in [0.25, 0.3) is 11.4 Å². The lowest BCUT2D eigenvalue weighted by Crippen LogP contribution is -2.18. The Morgan fingerprint density at radius 1 is 0.900 bits per heavy atom. The Labute approximate surface area is 177 Å². The minimum atomic E-state index is -0.130. The molecule has 0 atom stereocenters. The molecule has 2 aromatic heterocycles. The number of benzene rings is 3. The van der Waals surface area contributed by atoms with Gasteiger partial charge in [-0.1, -0.05) is 64.8 Å². The lowest BCUT2D eigenvalue weighted by Gasteiger charge is -2.10. The van der Waals surface area contributed by atoms with Gasteiger partial charge in [0.05, 0.1) is 5.56 Å². The van der Waals surface area contributed by atoms with Crippen molar-refractivity contribution in [1.82, 2.24) is 14.7 Å². The van der Waals surface area contributed by atoms with Crippen LogP contribution in [0.2, 0.25) is 5.02 Å². The van der Waals surface area contributed by atoms with Gasteiger partial charge in [0.1, 0.15) is 0 Å². The number of hydrogen-bond acceptors (Lipinski definition) is 4. The minimum absolute atomic E-state index is 0.130. The summed E-state index contributed by atoms with van der Waals surface area (Å²) in [7, 11) is 0. The fourth-order valence-corrected chi connectivity index (χ4v) is 3.53. The Hall–Kier alpha value is -3.70. The zero-order valence-corrected chi connectivity index (χ0v) is 16.8. The molecule has 146 valence electrons. The van der Waals surface area contributed by atoms with Crippen LogP contribution >= 0.6 is 11.6 Å². The van der Waals surface area contributed by atoms with E-state index < -0.39 is 0 Å². The van der Waals surface area contributed by atoms with Crippen LogP contribution in [0.4, 0.5) is 0 Å². The van der Waals surface area contributed by atoms with Crippen LogP contribution in [-0.2, 0) is 0 Å². The van der Waals surface area contributed by atoms with Crippen molar-refractivity contribution in [3.63, 3.8) is 0 Å². The highest BCUT2D eigenvalue weighted by molar-refractivity contribution is 6.30. The molecule has 30 heavy (non-hydrogen) atoms. The zero-order valence-electron chi connectivity index (χ0n) is 16.0. The van der Waals surface area contributed by atoms with Crippen molar-refractivity contribution < 1.29 is 4.52 Å². The number of aromatic nitrogens is 3. The van der Waals surface area contributed by atoms with E-state index in [2.05, 4.69) is 10.1 Å². The summed E-state index contributed by atoms with van der Waals surface area (Å²) in [5.74, 6) is 0.850. The largest absolute Gasteiger partial charge is 0.334 e. The van der Waals surface area contributed by atoms with E-state index in [1.807, 2.05) is 49.4 Å². The first-order valence-corrected chi connectivity index (χ1v) is 9.79. The average molecular weight is 414 g/mol. The summed E-state index contributed by atoms with van der Waals surface area (Å²) >= 11 is 6.01. The minimum Gasteiger partial charge on any atom is -0.334 e. The summed E-state index contributed by atoms with van der Waals surface area (Å²) in [6.45, 7) is 2.03. The number of aryl methyl sites for hydroxylation is 1. The summed E-state index contributed by atoms with van der Waals surface area (Å²) in [6.07, 6.45) is 1.74. The van der Waals surface area contributed by atoms with E-state index in [4.69, 9.17) is 16.1 Å². The molecule has 3 aromatic carbocycles. The molecule has 6 heteroatoms. The molecule has 0 saturated heterocycles. The van der Waals surface area contributed by atoms with Crippen LogP contribution in [0.15, 0.2) is 88.3 Å². The molecule has 0 amide bonds. The number of hydrogen-bond donors (Lipinski definition) is 0. The van der Waals surface area contributed by atoms with Gasteiger partial charge in [-0.05, 0) is 37.3 Å². The van der Waals surface area contributed by atoms with Gasteiger partial charge < -0.3 is 4.52 Å². The lowest BCUT2D eigenvalue weighted by molar-refractivity contribution is 0.432. The van der Waals surface area contributed by atoms with Gasteiger partial charge in [-0.25, -0.2) is 0 Å². The first kappa shape index (κ1) is 18.3. The number of fused-ring (bicyclic) bond motifs is 1. The van der Waals surface area contributed by atoms with Gasteiger partial charge >= 0.3 is 0 Å². The number of halogens is 1. The fraction of sp³-hybridized carbons (Fsp3) is 0.0417. The maximum absolute atomic E-state index is 13.1. The topological polar surface area (TPSA) is 60.9 Å². The Morgan fingerprint density at radius 2 is 1.60 bits per heavy atom. The van der Waals surface area contributed by atoms with Crippen LogP contribution in [0.1, 0.15) is 5.56 Å². The van der Waals surface area contributed by atoms with Gasteiger partial charge in [-0.2, -0.15) is 4.98 Å². The summed E-state index contributed by atoms with van der Waals surface area (Å²) in [4.78, 5) is 17.7. The van der Waals surface area contributed by atoms with Gasteiger partial charge in [-0.3, -0.25) is 9.36 Å². The van der Waals surface area contributed by atoms with Crippen LogP contribution in [0.5, 0.6) is 0 Å². The van der Waals surface area contributed by atoms with Crippen LogP contribution < -0.4 is 5.56 Å². The smallest absolute Gasteiger partial charge is 0.262 e. The van der Waals surface area contributed by atoms with E-state index in [1.54, 1.807) is 41.1 Å². The normalized spacial score (nSPS) is 11.1. The highest BCUT2D eigenvalue weighted by Gasteiger charge is 2.17. The summed E-state index contributed by atoms with van der Waals surface area (Å²) in [6, 6.07) is 22.4. The number of pyridine rings is 1. The second-order valence-electron chi connectivity index (χ2n) is 7.03. The monoisotopic (exact) mass is 413 g/mol. The maximum Gasteiger partial charge on any atom is 0.262 e. The van der Waals surface area contributed by atoms with E-state index in [0.29, 0.717) is 33.4 Å². The second-order valence-corrected chi connectivity index (χ2v) is 7.47. The molecule has 0 radical (unpaired) electrons. The van der Waals surface area contributed by atoms with E-state index in [9.17, 15) is 4.79 Å². The second kappa shape index (κ2) is 7.28. The molecule has 5 aromatic rings. The highest BCUT2D eigenvalue weighted by Crippen LogP contribution is 2.28. The standard InChI is InChI=1S/C24H16ClN3O2/c1-15-6-8-16(9-7-15)22-26-23(30-27-22)21-14-28(18-12-10-17(25)11-13-18)24(29)20-5-3-2-4-19(20)21/h2-14H,1H3. The molecule has 5 nitrogen and oxygen atoms in total. The van der Waals surface area contributed by atoms with Crippen molar-refractivity contribution in [2.75, 3.05) is 0 Å². The van der Waals surface area contributed by atoms with Crippen molar-refractivity contribution in [1.29, 1.82) is 0 Å². The van der Waals surface area contributed by atoms with Crippen molar-refractivity contribution >= 4 is 22.4 Å². The SMILES string of the molecule is Cc1ccc(-c2noc(-c3cn(-c4ccc(Cl)cc4)c(=O)c4ccccc34)n2)cc1. The number of nitrogens with zero attached hydrogens (tertiary/aromatic N) is 3. The molecule has 0 aliphatic carbocycles. The summed E-state index contributed by atoms with van der Waals surface area (Å²) in [5.41, 5.74) is 3.28. The predicted molar refractivity (Wildman–Crippen MR) is 118 cm³/mol. The Kier molecular flexibility index (Phi) is 4.45. The lowest BCUT2D eigenvalue weighted by atomic mass is 10.1. The molecule has 0 aliphatic rings. The van der Waals surface area contributed by atoms with Gasteiger partial charge in [0.2, 0.25) is 5.82 Å². The number of rotatable bonds is 3. The van der Waals surface area contributed by atoms with Crippen LogP contribution in [0.3, 0.4) is 0 Å². The highest BCUT2D eigenvalue weighted by atomic mass is 35.5. The van der Waals surface area contributed by atoms with E-state index in [-0.39, 0.29) is 5.56 Å². The third kappa shape index (κ3) is 3.19. The molecular formula is C24H16ClN3O2. The first-order valence-electron chi connectivity index (χ1n) is 9.41. The third-order valence-corrected chi connectivity index (χ3v) is 5.25. The first-order chi connectivity index (χ1) is 14.6. The average Bonchev–Trinajstić information content (AvgIpc) is 3.25. The zero-order chi connectivity index (χ0) is 20.7. The summed E-state index contributed by atoms with van der Waals surface area (Å²) in [5, 5.41) is 6.07. The molecule has 0 spiro atoms. The van der Waals surface area contributed by atoms with E-state index in [1.165, 1.54) is 0 Å². The van der Waals surface area contributed by atoms with Crippen LogP contribution in [0, 0.1) is 6.92 Å². The molecule has 0 bridgehead atoms. The molecule has 0 N–H and O–H groups in total. The predicted octanol–water partition coefficient (Wildman–Crippen LogP) is 5.67. The van der Waals surface area contributed by atoms with E-state index in [0.717, 1.165) is 16.5 Å². The Balaban J connectivity index is 1.71. The fourth-order valence-electron chi connectivity index (χ4n) is 3.41. The molecule has 0 unspecified atom stereocenters. The Bertz CT molecular complexity index is 1420. The van der Waals surface area contributed by atoms with Gasteiger partial charge in [0, 0.05) is 33.2 Å². The van der Waals surface area contributed by atoms with Crippen LogP contribution in [-0.4, -0.2) is 14.7 Å². The third-order valence-electron chi connectivity index (χ3n) is 5.00. The Morgan fingerprint density at radius 3 is 2.33 bits per heavy atom. The summed E-state index contributed by atoms with van der Waals surface area (Å²) < 4.78 is 7.17. The molecule has 0 saturated carbocycles. The van der Waals surface area contributed by atoms with Crippen molar-refractivity contribution in [2.24, 2.45) is 0 Å². The molecule has 2 heterocycles. The molecule has 5 rings (SSSR count). The maximum atomic E-state index is 13.1. The van der Waals surface area contributed by atoms with Crippen molar-refractivity contribution in [3.8, 4) is 28.5 Å². The molecule has 0 aliphatic heterocycles. The van der Waals surface area contributed by atoms with Gasteiger partial charge in [0.15, 0.2) is 0 Å². The van der Waals surface area contributed by atoms with Crippen LogP contribution in [0.25, 0.3) is 39.3 Å². The van der Waals surface area contributed by atoms with E-state index >= 15 is 0 Å². The molecular weight excluding hydrogens is 398 g/mol. The van der Waals surface area contributed by atoms with Crippen molar-refractivity contribution in [2.45, 2.75) is 6.92 Å². The van der Waals surface area contributed by atoms with Crippen molar-refractivity contribution in [3.05, 3.63) is 99.9 Å². The quantitative estimate of drug-likeness (QED) is 0.382. The molecule has 0 fully saturated rings.